The van der Waals surface area contributed by atoms with E-state index in [0.717, 1.165) is 42.4 Å². The second-order valence-corrected chi connectivity index (χ2v) is 8.00. The Morgan fingerprint density at radius 1 is 1.03 bits per heavy atom. The Balaban J connectivity index is 0.00000272. The van der Waals surface area contributed by atoms with Crippen molar-refractivity contribution in [3.05, 3.63) is 77.6 Å². The van der Waals surface area contributed by atoms with Gasteiger partial charge in [0, 0.05) is 25.1 Å². The molecule has 2 aromatic heterocycles. The molecular formula is C23H24ClN3O3S. The normalized spacial score (nSPS) is 15.0. The molecule has 1 aliphatic rings. The molecule has 0 spiro atoms. The lowest BCUT2D eigenvalue weighted by molar-refractivity contribution is -0.122. The lowest BCUT2D eigenvalue weighted by Crippen LogP contribution is -2.29. The van der Waals surface area contributed by atoms with Crippen LogP contribution in [0.25, 0.3) is 5.65 Å². The molecule has 1 aliphatic heterocycles. The Hall–Kier alpha value is -2.77. The van der Waals surface area contributed by atoms with Crippen molar-refractivity contribution in [3.63, 3.8) is 0 Å². The molecule has 4 rings (SSSR count). The van der Waals surface area contributed by atoms with Gasteiger partial charge in [-0.05, 0) is 55.1 Å². The van der Waals surface area contributed by atoms with Crippen LogP contribution < -0.4 is 4.74 Å². The Morgan fingerprint density at radius 3 is 2.71 bits per heavy atom. The molecule has 0 radical (unpaired) electrons. The topological polar surface area (TPSA) is 63.9 Å². The number of nitrogens with zero attached hydrogens (tertiary/aromatic N) is 3. The van der Waals surface area contributed by atoms with Crippen LogP contribution in [0.15, 0.2) is 72.0 Å². The first-order valence-corrected chi connectivity index (χ1v) is 10.9. The summed E-state index contributed by atoms with van der Waals surface area (Å²) < 4.78 is 7.73. The van der Waals surface area contributed by atoms with Gasteiger partial charge in [0.25, 0.3) is 11.1 Å². The molecule has 8 heteroatoms. The summed E-state index contributed by atoms with van der Waals surface area (Å²) in [6.45, 7) is 0.924. The molecule has 0 bridgehead atoms. The predicted molar refractivity (Wildman–Crippen MR) is 125 cm³/mol. The van der Waals surface area contributed by atoms with Crippen molar-refractivity contribution in [3.8, 4) is 5.75 Å². The lowest BCUT2D eigenvalue weighted by atomic mass is 10.1. The minimum atomic E-state index is -0.186. The zero-order valence-corrected chi connectivity index (χ0v) is 18.6. The van der Waals surface area contributed by atoms with Crippen molar-refractivity contribution < 1.29 is 14.3 Å². The number of thioether (sulfide) groups is 1. The molecule has 3 aromatic rings. The fourth-order valence-corrected chi connectivity index (χ4v) is 4.20. The second kappa shape index (κ2) is 11.0. The van der Waals surface area contributed by atoms with Crippen LogP contribution >= 0.6 is 24.2 Å². The number of hydrogen-bond acceptors (Lipinski definition) is 5. The second-order valence-electron chi connectivity index (χ2n) is 7.00. The van der Waals surface area contributed by atoms with Gasteiger partial charge >= 0.3 is 0 Å². The van der Waals surface area contributed by atoms with Crippen LogP contribution in [0, 0.1) is 0 Å². The number of ether oxygens (including phenoxy) is 1. The van der Waals surface area contributed by atoms with Crippen molar-refractivity contribution in [1.29, 1.82) is 0 Å². The molecular weight excluding hydrogens is 434 g/mol. The highest BCUT2D eigenvalue weighted by Crippen LogP contribution is 2.31. The quantitative estimate of drug-likeness (QED) is 0.329. The number of unbranched alkanes of at least 4 members (excludes halogenated alkanes) is 1. The molecule has 1 fully saturated rings. The number of allylic oxidation sites excluding steroid dienone is 1. The van der Waals surface area contributed by atoms with Gasteiger partial charge in [0.2, 0.25) is 0 Å². The number of hydrogen-bond donors (Lipinski definition) is 0. The number of fused-ring (bicyclic) bond motifs is 1. The number of imidazole rings is 1. The van der Waals surface area contributed by atoms with Crippen molar-refractivity contribution in [2.45, 2.75) is 25.7 Å². The first kappa shape index (κ1) is 22.9. The van der Waals surface area contributed by atoms with E-state index in [2.05, 4.69) is 17.1 Å². The van der Waals surface area contributed by atoms with E-state index >= 15 is 0 Å². The van der Waals surface area contributed by atoms with Crippen molar-refractivity contribution in [1.82, 2.24) is 14.3 Å². The number of amides is 2. The maximum absolute atomic E-state index is 12.5. The molecule has 2 amide bonds. The molecule has 0 N–H and O–H groups in total. The van der Waals surface area contributed by atoms with Crippen molar-refractivity contribution >= 4 is 41.0 Å². The fraction of sp³-hybridized carbons (Fsp3) is 0.261. The third-order valence-electron chi connectivity index (χ3n) is 4.90. The Morgan fingerprint density at radius 2 is 1.87 bits per heavy atom. The fourth-order valence-electron chi connectivity index (χ4n) is 3.33. The van der Waals surface area contributed by atoms with Crippen LogP contribution in [-0.4, -0.2) is 38.6 Å². The largest absolute Gasteiger partial charge is 0.490 e. The van der Waals surface area contributed by atoms with Crippen LogP contribution in [0.4, 0.5) is 4.79 Å². The van der Waals surface area contributed by atoms with Crippen LogP contribution in [0.5, 0.6) is 5.75 Å². The van der Waals surface area contributed by atoms with Crippen molar-refractivity contribution in [2.24, 2.45) is 0 Å². The highest BCUT2D eigenvalue weighted by molar-refractivity contribution is 8.18. The highest BCUT2D eigenvalue weighted by atomic mass is 35.5. The van der Waals surface area contributed by atoms with E-state index < -0.39 is 0 Å². The lowest BCUT2D eigenvalue weighted by Gasteiger charge is -2.12. The Bertz CT molecular complexity index is 1070. The van der Waals surface area contributed by atoms with E-state index in [4.69, 9.17) is 4.74 Å². The third kappa shape index (κ3) is 5.68. The van der Waals surface area contributed by atoms with Crippen LogP contribution in [0.3, 0.4) is 0 Å². The van der Waals surface area contributed by atoms with Crippen LogP contribution in [0.1, 0.15) is 24.8 Å². The molecule has 0 saturated carbocycles. The monoisotopic (exact) mass is 457 g/mol. The number of aryl methyl sites for hydroxylation is 1. The number of pyridine rings is 1. The number of benzene rings is 1. The van der Waals surface area contributed by atoms with Gasteiger partial charge in [-0.3, -0.25) is 14.5 Å². The van der Waals surface area contributed by atoms with Gasteiger partial charge in [-0.15, -0.1) is 12.4 Å². The molecule has 1 saturated heterocycles. The number of carbonyl (C=O) groups excluding carboxylic acids is 2. The van der Waals surface area contributed by atoms with Gasteiger partial charge in [0.1, 0.15) is 0 Å². The number of halogens is 1. The first-order valence-electron chi connectivity index (χ1n) is 10.0. The highest BCUT2D eigenvalue weighted by Gasteiger charge is 2.34. The maximum atomic E-state index is 12.5. The van der Waals surface area contributed by atoms with Gasteiger partial charge in [-0.2, -0.15) is 0 Å². The standard InChI is InChI=1S/C23H23N3O3S.ClH/c27-22-20(12-6-10-18-8-2-1-3-9-18)30-23(28)26(22)15-4-5-17-29-19-11-7-14-25-16-13-24-21(19)25;/h1-3,7-9,11-14,16H,4-6,10,15,17H2;1H. The zero-order valence-electron chi connectivity index (χ0n) is 17.0. The van der Waals surface area contributed by atoms with Gasteiger partial charge in [0.15, 0.2) is 11.4 Å². The summed E-state index contributed by atoms with van der Waals surface area (Å²) in [6, 6.07) is 13.9. The maximum Gasteiger partial charge on any atom is 0.293 e. The van der Waals surface area contributed by atoms with Gasteiger partial charge in [0.05, 0.1) is 11.5 Å². The molecule has 3 heterocycles. The average molecular weight is 458 g/mol. The summed E-state index contributed by atoms with van der Waals surface area (Å²) >= 11 is 1.04. The molecule has 31 heavy (non-hydrogen) atoms. The smallest absolute Gasteiger partial charge is 0.293 e. The molecule has 0 aliphatic carbocycles. The molecule has 0 unspecified atom stereocenters. The number of rotatable bonds is 9. The van der Waals surface area contributed by atoms with E-state index in [0.29, 0.717) is 24.5 Å². The Kier molecular flexibility index (Phi) is 8.14. The summed E-state index contributed by atoms with van der Waals surface area (Å²) in [5.74, 6) is 0.552. The van der Waals surface area contributed by atoms with E-state index in [-0.39, 0.29) is 23.6 Å². The zero-order chi connectivity index (χ0) is 20.8. The molecule has 162 valence electrons. The number of carbonyl (C=O) groups is 2. The van der Waals surface area contributed by atoms with E-state index in [9.17, 15) is 9.59 Å². The number of aromatic nitrogens is 2. The summed E-state index contributed by atoms with van der Waals surface area (Å²) in [6.07, 6.45) is 10.4. The predicted octanol–water partition coefficient (Wildman–Crippen LogP) is 5.13. The minimum Gasteiger partial charge on any atom is -0.490 e. The van der Waals surface area contributed by atoms with E-state index in [1.807, 2.05) is 53.2 Å². The van der Waals surface area contributed by atoms with Gasteiger partial charge in [-0.1, -0.05) is 36.4 Å². The first-order chi connectivity index (χ1) is 14.7. The summed E-state index contributed by atoms with van der Waals surface area (Å²) in [4.78, 5) is 30.9. The van der Waals surface area contributed by atoms with Crippen LogP contribution in [0.2, 0.25) is 0 Å². The average Bonchev–Trinajstić information content (AvgIpc) is 3.34. The third-order valence-corrected chi connectivity index (χ3v) is 5.85. The minimum absolute atomic E-state index is 0. The van der Waals surface area contributed by atoms with Crippen LogP contribution in [-0.2, 0) is 11.2 Å². The molecule has 1 aromatic carbocycles. The molecule has 0 atom stereocenters. The van der Waals surface area contributed by atoms with Crippen molar-refractivity contribution in [2.75, 3.05) is 13.2 Å². The van der Waals surface area contributed by atoms with Gasteiger partial charge < -0.3 is 9.14 Å². The van der Waals surface area contributed by atoms with E-state index in [1.165, 1.54) is 10.5 Å². The summed E-state index contributed by atoms with van der Waals surface area (Å²) in [7, 11) is 0. The summed E-state index contributed by atoms with van der Waals surface area (Å²) in [5, 5.41) is -0.186. The SMILES string of the molecule is Cl.O=C1SC(=CCCc2ccccc2)C(=O)N1CCCCOc1cccn2ccnc12. The number of imide groups is 1. The Labute approximate surface area is 191 Å². The van der Waals surface area contributed by atoms with Gasteiger partial charge in [-0.25, -0.2) is 4.98 Å². The van der Waals surface area contributed by atoms with E-state index in [1.54, 1.807) is 6.20 Å². The summed E-state index contributed by atoms with van der Waals surface area (Å²) in [5.41, 5.74) is 2.00. The molecule has 6 nitrogen and oxygen atoms in total.